The zero-order valence-corrected chi connectivity index (χ0v) is 15.5. The van der Waals surface area contributed by atoms with Gasteiger partial charge in [-0.1, -0.05) is 12.1 Å². The summed E-state index contributed by atoms with van der Waals surface area (Å²) in [5.41, 5.74) is 2.32. The standard InChI is InChI=1S/C18H15N3O3S2/c1-2-24-13-9-7-12(8-10-13)15-11-25-18(19-15)20-17-14-5-3-4-6-16(14)26(22,23)21-17/h3-11H,2H2,1H3,(H,19,20,21). The van der Waals surface area contributed by atoms with Crippen LogP contribution in [-0.4, -0.2) is 25.8 Å². The number of anilines is 1. The Morgan fingerprint density at radius 3 is 2.65 bits per heavy atom. The van der Waals surface area contributed by atoms with E-state index in [0.29, 0.717) is 23.1 Å². The predicted molar refractivity (Wildman–Crippen MR) is 103 cm³/mol. The van der Waals surface area contributed by atoms with Crippen LogP contribution in [0.1, 0.15) is 12.5 Å². The van der Waals surface area contributed by atoms with Crippen LogP contribution in [0, 0.1) is 0 Å². The number of thiazole rings is 1. The van der Waals surface area contributed by atoms with Crippen molar-refractivity contribution in [3.63, 3.8) is 0 Å². The molecule has 8 heteroatoms. The molecule has 2 aromatic carbocycles. The number of aromatic nitrogens is 1. The van der Waals surface area contributed by atoms with E-state index in [9.17, 15) is 8.42 Å². The van der Waals surface area contributed by atoms with Crippen LogP contribution < -0.4 is 10.1 Å². The summed E-state index contributed by atoms with van der Waals surface area (Å²) in [7, 11) is -3.64. The van der Waals surface area contributed by atoms with Crippen LogP contribution in [-0.2, 0) is 10.0 Å². The van der Waals surface area contributed by atoms with Gasteiger partial charge in [-0.3, -0.25) is 0 Å². The summed E-state index contributed by atoms with van der Waals surface area (Å²) in [6.07, 6.45) is 0. The molecule has 0 saturated carbocycles. The van der Waals surface area contributed by atoms with Crippen LogP contribution in [0.5, 0.6) is 5.75 Å². The van der Waals surface area contributed by atoms with Crippen LogP contribution in [0.3, 0.4) is 0 Å². The number of amidine groups is 1. The molecular weight excluding hydrogens is 370 g/mol. The number of fused-ring (bicyclic) bond motifs is 1. The maximum Gasteiger partial charge on any atom is 0.285 e. The normalized spacial score (nSPS) is 14.6. The van der Waals surface area contributed by atoms with Crippen molar-refractivity contribution in [2.75, 3.05) is 11.9 Å². The minimum Gasteiger partial charge on any atom is -0.494 e. The van der Waals surface area contributed by atoms with Crippen LogP contribution in [0.15, 0.2) is 63.2 Å². The van der Waals surface area contributed by atoms with Crippen molar-refractivity contribution in [2.24, 2.45) is 4.40 Å². The Labute approximate surface area is 155 Å². The second-order valence-corrected chi connectivity index (χ2v) is 7.96. The summed E-state index contributed by atoms with van der Waals surface area (Å²) >= 11 is 1.39. The fourth-order valence-electron chi connectivity index (χ4n) is 2.65. The van der Waals surface area contributed by atoms with Gasteiger partial charge in [0, 0.05) is 16.5 Å². The molecule has 6 nitrogen and oxygen atoms in total. The Balaban J connectivity index is 1.58. The SMILES string of the molecule is CCOc1ccc(-c2csc(NC3=NS(=O)(=O)c4ccccc43)n2)cc1. The van der Waals surface area contributed by atoms with Gasteiger partial charge in [0.1, 0.15) is 10.6 Å². The predicted octanol–water partition coefficient (Wildman–Crippen LogP) is 3.77. The van der Waals surface area contributed by atoms with Gasteiger partial charge in [-0.2, -0.15) is 8.42 Å². The summed E-state index contributed by atoms with van der Waals surface area (Å²) in [5, 5.41) is 5.52. The smallest absolute Gasteiger partial charge is 0.285 e. The monoisotopic (exact) mass is 385 g/mol. The fourth-order valence-corrected chi connectivity index (χ4v) is 4.54. The van der Waals surface area contributed by atoms with E-state index in [2.05, 4.69) is 14.7 Å². The number of benzene rings is 2. The number of nitrogens with one attached hydrogen (secondary N) is 1. The molecule has 0 spiro atoms. The number of ether oxygens (including phenoxy) is 1. The molecule has 0 unspecified atom stereocenters. The second kappa shape index (κ2) is 6.54. The largest absolute Gasteiger partial charge is 0.494 e. The van der Waals surface area contributed by atoms with E-state index < -0.39 is 10.0 Å². The molecular formula is C18H15N3O3S2. The molecule has 26 heavy (non-hydrogen) atoms. The summed E-state index contributed by atoms with van der Waals surface area (Å²) in [5.74, 6) is 1.11. The maximum atomic E-state index is 12.1. The minimum absolute atomic E-state index is 0.214. The maximum absolute atomic E-state index is 12.1. The highest BCUT2D eigenvalue weighted by molar-refractivity contribution is 7.90. The van der Waals surface area contributed by atoms with E-state index in [0.717, 1.165) is 17.0 Å². The average molecular weight is 385 g/mol. The summed E-state index contributed by atoms with van der Waals surface area (Å²) in [4.78, 5) is 4.74. The Kier molecular flexibility index (Phi) is 4.21. The number of hydrogen-bond donors (Lipinski definition) is 1. The molecule has 0 amide bonds. The molecule has 132 valence electrons. The molecule has 1 N–H and O–H groups in total. The van der Waals surface area contributed by atoms with Crippen molar-refractivity contribution >= 4 is 32.3 Å². The van der Waals surface area contributed by atoms with Crippen LogP contribution in [0.2, 0.25) is 0 Å². The Bertz CT molecular complexity index is 1090. The molecule has 0 saturated heterocycles. The van der Waals surface area contributed by atoms with Crippen LogP contribution in [0.25, 0.3) is 11.3 Å². The first-order valence-corrected chi connectivity index (χ1v) is 10.3. The lowest BCUT2D eigenvalue weighted by atomic mass is 10.2. The van der Waals surface area contributed by atoms with Gasteiger partial charge in [-0.05, 0) is 43.3 Å². The fraction of sp³-hybridized carbons (Fsp3) is 0.111. The van der Waals surface area contributed by atoms with E-state index in [1.54, 1.807) is 24.3 Å². The molecule has 1 aromatic heterocycles. The first-order chi connectivity index (χ1) is 12.6. The molecule has 3 aromatic rings. The van der Waals surface area contributed by atoms with Gasteiger partial charge in [-0.15, -0.1) is 15.7 Å². The van der Waals surface area contributed by atoms with Crippen molar-refractivity contribution in [1.29, 1.82) is 0 Å². The molecule has 1 aliphatic heterocycles. The molecule has 1 aliphatic rings. The molecule has 2 heterocycles. The summed E-state index contributed by atoms with van der Waals surface area (Å²) in [6, 6.07) is 14.4. The highest BCUT2D eigenvalue weighted by atomic mass is 32.2. The molecule has 0 bridgehead atoms. The quantitative estimate of drug-likeness (QED) is 0.739. The zero-order chi connectivity index (χ0) is 18.1. The van der Waals surface area contributed by atoms with E-state index in [1.165, 1.54) is 11.3 Å². The van der Waals surface area contributed by atoms with Crippen molar-refractivity contribution in [3.8, 4) is 17.0 Å². The zero-order valence-electron chi connectivity index (χ0n) is 13.8. The third kappa shape index (κ3) is 3.09. The topological polar surface area (TPSA) is 80.6 Å². The summed E-state index contributed by atoms with van der Waals surface area (Å²) < 4.78 is 33.5. The molecule has 0 radical (unpaired) electrons. The van der Waals surface area contributed by atoms with Crippen molar-refractivity contribution in [3.05, 3.63) is 59.5 Å². The highest BCUT2D eigenvalue weighted by Crippen LogP contribution is 2.30. The van der Waals surface area contributed by atoms with Gasteiger partial charge in [0.15, 0.2) is 11.0 Å². The number of rotatable bonds is 4. The van der Waals surface area contributed by atoms with Crippen LogP contribution in [0.4, 0.5) is 5.13 Å². The minimum atomic E-state index is -3.64. The van der Waals surface area contributed by atoms with Gasteiger partial charge in [0.25, 0.3) is 10.0 Å². The van der Waals surface area contributed by atoms with E-state index in [-0.39, 0.29) is 4.90 Å². The van der Waals surface area contributed by atoms with Crippen molar-refractivity contribution < 1.29 is 13.2 Å². The molecule has 0 aliphatic carbocycles. The first kappa shape index (κ1) is 16.7. The lowest BCUT2D eigenvalue weighted by Gasteiger charge is -2.03. The van der Waals surface area contributed by atoms with Gasteiger partial charge < -0.3 is 10.1 Å². The molecule has 0 fully saturated rings. The average Bonchev–Trinajstić information content (AvgIpc) is 3.20. The first-order valence-electron chi connectivity index (χ1n) is 7.97. The van der Waals surface area contributed by atoms with Crippen molar-refractivity contribution in [2.45, 2.75) is 11.8 Å². The van der Waals surface area contributed by atoms with Crippen molar-refractivity contribution in [1.82, 2.24) is 4.98 Å². The highest BCUT2D eigenvalue weighted by Gasteiger charge is 2.28. The van der Waals surface area contributed by atoms with E-state index in [1.807, 2.05) is 36.6 Å². The Hall–Kier alpha value is -2.71. The van der Waals surface area contributed by atoms with Gasteiger partial charge >= 0.3 is 0 Å². The lowest BCUT2D eigenvalue weighted by molar-refractivity contribution is 0.340. The third-order valence-corrected chi connectivity index (χ3v) is 5.91. The molecule has 0 atom stereocenters. The Morgan fingerprint density at radius 1 is 1.12 bits per heavy atom. The third-order valence-electron chi connectivity index (χ3n) is 3.82. The molecule has 4 rings (SSSR count). The Morgan fingerprint density at radius 2 is 1.88 bits per heavy atom. The lowest BCUT2D eigenvalue weighted by Crippen LogP contribution is -2.10. The van der Waals surface area contributed by atoms with Gasteiger partial charge in [-0.25, -0.2) is 4.98 Å². The van der Waals surface area contributed by atoms with E-state index >= 15 is 0 Å². The second-order valence-electron chi connectivity index (χ2n) is 5.53. The number of nitrogens with zero attached hydrogens (tertiary/aromatic N) is 2. The van der Waals surface area contributed by atoms with Gasteiger partial charge in [0.2, 0.25) is 0 Å². The van der Waals surface area contributed by atoms with E-state index in [4.69, 9.17) is 4.74 Å². The number of hydrogen-bond acceptors (Lipinski definition) is 6. The summed E-state index contributed by atoms with van der Waals surface area (Å²) in [6.45, 7) is 2.56. The van der Waals surface area contributed by atoms with Crippen LogP contribution >= 0.6 is 11.3 Å². The number of sulfonamides is 1. The van der Waals surface area contributed by atoms with Gasteiger partial charge in [0.05, 0.1) is 12.3 Å².